The molecular weight excluding hydrogens is 328 g/mol. The van der Waals surface area contributed by atoms with Crippen LogP contribution in [0.3, 0.4) is 0 Å². The molecule has 0 aliphatic heterocycles. The third kappa shape index (κ3) is 6.59. The molecule has 0 aliphatic carbocycles. The number of nitrogens with one attached hydrogen (secondary N) is 1. The van der Waals surface area contributed by atoms with Crippen molar-refractivity contribution in [2.24, 2.45) is 4.99 Å². The van der Waals surface area contributed by atoms with Crippen LogP contribution in [0, 0.1) is 0 Å². The number of hydrogen-bond donors (Lipinski definition) is 1. The summed E-state index contributed by atoms with van der Waals surface area (Å²) in [5.41, 5.74) is 0. The van der Waals surface area contributed by atoms with Crippen LogP contribution in [0.15, 0.2) is 33.9 Å². The summed E-state index contributed by atoms with van der Waals surface area (Å²) >= 11 is 9.27. The molecule has 19 heavy (non-hydrogen) atoms. The number of halogens is 2. The van der Waals surface area contributed by atoms with Gasteiger partial charge < -0.3 is 10.2 Å². The normalized spacial score (nSPS) is 11.4. The number of allylic oxidation sites excluding steroid dienone is 1. The van der Waals surface area contributed by atoms with Gasteiger partial charge in [-0.3, -0.25) is 0 Å². The van der Waals surface area contributed by atoms with Crippen molar-refractivity contribution in [3.05, 3.63) is 34.0 Å². The molecule has 1 N–H and O–H groups in total. The maximum absolute atomic E-state index is 5.85. The van der Waals surface area contributed by atoms with Gasteiger partial charge in [0.25, 0.3) is 0 Å². The number of nitrogens with zero attached hydrogens (tertiary/aromatic N) is 3. The Bertz CT molecular complexity index is 448. The van der Waals surface area contributed by atoms with E-state index in [2.05, 4.69) is 38.1 Å². The molecule has 0 saturated heterocycles. The highest BCUT2D eigenvalue weighted by molar-refractivity contribution is 9.10. The maximum atomic E-state index is 5.85. The first-order valence-electron chi connectivity index (χ1n) is 6.08. The molecule has 0 unspecified atom stereocenters. The molecule has 0 spiro atoms. The summed E-state index contributed by atoms with van der Waals surface area (Å²) < 4.78 is 0.902. The van der Waals surface area contributed by atoms with Crippen LogP contribution in [0.4, 0.5) is 5.82 Å². The van der Waals surface area contributed by atoms with E-state index in [1.165, 1.54) is 0 Å². The van der Waals surface area contributed by atoms with E-state index in [1.54, 1.807) is 18.6 Å². The van der Waals surface area contributed by atoms with Crippen LogP contribution in [-0.2, 0) is 0 Å². The Hall–Kier alpha value is -1.07. The van der Waals surface area contributed by atoms with E-state index in [-0.39, 0.29) is 0 Å². The van der Waals surface area contributed by atoms with Gasteiger partial charge in [0.15, 0.2) is 0 Å². The molecule has 104 valence electrons. The van der Waals surface area contributed by atoms with Gasteiger partial charge in [-0.2, -0.15) is 0 Å². The molecule has 0 saturated carbocycles. The van der Waals surface area contributed by atoms with E-state index in [0.29, 0.717) is 5.15 Å². The largest absolute Gasteiger partial charge is 0.367 e. The van der Waals surface area contributed by atoms with E-state index >= 15 is 0 Å². The second-order valence-corrected chi connectivity index (χ2v) is 5.17. The predicted octanol–water partition coefficient (Wildman–Crippen LogP) is 3.79. The summed E-state index contributed by atoms with van der Waals surface area (Å²) in [4.78, 5) is 10.4. The number of pyridine rings is 1. The minimum atomic E-state index is 0.477. The molecule has 4 nitrogen and oxygen atoms in total. The summed E-state index contributed by atoms with van der Waals surface area (Å²) in [6, 6.07) is 3.62. The standard InChI is InChI=1S/C13H18BrClN4/c1-3-4-7-16-10-19(2)9-8-17-13-11(14)5-6-12(15)18-13/h4-7,10H,3,8-9H2,1-2H3,(H,17,18)/b7-4+,16-10-. The summed E-state index contributed by atoms with van der Waals surface area (Å²) in [5.74, 6) is 0.753. The first-order chi connectivity index (χ1) is 9.13. The van der Waals surface area contributed by atoms with Crippen LogP contribution in [0.25, 0.3) is 0 Å². The zero-order chi connectivity index (χ0) is 14.1. The lowest BCUT2D eigenvalue weighted by Crippen LogP contribution is -2.24. The molecule has 0 amide bonds. The van der Waals surface area contributed by atoms with E-state index in [0.717, 1.165) is 29.8 Å². The Labute approximate surface area is 127 Å². The average Bonchev–Trinajstić information content (AvgIpc) is 2.39. The summed E-state index contributed by atoms with van der Waals surface area (Å²) in [6.45, 7) is 3.66. The molecule has 1 heterocycles. The quantitative estimate of drug-likeness (QED) is 0.464. The Morgan fingerprint density at radius 3 is 3.05 bits per heavy atom. The summed E-state index contributed by atoms with van der Waals surface area (Å²) in [7, 11) is 1.98. The number of likely N-dealkylation sites (N-methyl/N-ethyl adjacent to an activating group) is 1. The molecule has 1 aromatic heterocycles. The molecule has 0 radical (unpaired) electrons. The van der Waals surface area contributed by atoms with Crippen LogP contribution in [0.5, 0.6) is 0 Å². The second kappa shape index (κ2) is 8.93. The Kier molecular flexibility index (Phi) is 7.52. The molecule has 0 fully saturated rings. The molecule has 0 aromatic carbocycles. The molecule has 1 rings (SSSR count). The van der Waals surface area contributed by atoms with Crippen molar-refractivity contribution in [3.8, 4) is 0 Å². The van der Waals surface area contributed by atoms with E-state index < -0.39 is 0 Å². The third-order valence-corrected chi connectivity index (χ3v) is 3.11. The number of rotatable bonds is 7. The molecule has 6 heteroatoms. The van der Waals surface area contributed by atoms with Crippen molar-refractivity contribution >= 4 is 39.7 Å². The van der Waals surface area contributed by atoms with Gasteiger partial charge in [0.2, 0.25) is 0 Å². The molecule has 1 aromatic rings. The lowest BCUT2D eigenvalue weighted by Gasteiger charge is -2.14. The van der Waals surface area contributed by atoms with Crippen LogP contribution in [0.2, 0.25) is 5.15 Å². The SMILES string of the molecule is CC/C=C/N=C\N(C)CCNc1nc(Cl)ccc1Br. The number of aliphatic imine (C=N–C) groups is 1. The fourth-order valence-corrected chi connectivity index (χ4v) is 1.78. The summed E-state index contributed by atoms with van der Waals surface area (Å²) in [5, 5.41) is 3.70. The smallest absolute Gasteiger partial charge is 0.142 e. The lowest BCUT2D eigenvalue weighted by atomic mass is 10.4. The second-order valence-electron chi connectivity index (χ2n) is 3.93. The van der Waals surface area contributed by atoms with Gasteiger partial charge in [-0.15, -0.1) is 0 Å². The minimum Gasteiger partial charge on any atom is -0.367 e. The first kappa shape index (κ1) is 16.0. The highest BCUT2D eigenvalue weighted by atomic mass is 79.9. The average molecular weight is 346 g/mol. The van der Waals surface area contributed by atoms with Crippen molar-refractivity contribution in [2.45, 2.75) is 13.3 Å². The highest BCUT2D eigenvalue weighted by Gasteiger charge is 2.01. The van der Waals surface area contributed by atoms with E-state index in [1.807, 2.05) is 24.1 Å². The predicted molar refractivity (Wildman–Crippen MR) is 86.0 cm³/mol. The van der Waals surface area contributed by atoms with Crippen molar-refractivity contribution in [1.82, 2.24) is 9.88 Å². The van der Waals surface area contributed by atoms with Gasteiger partial charge >= 0.3 is 0 Å². The van der Waals surface area contributed by atoms with Gasteiger partial charge in [0, 0.05) is 26.3 Å². The molecule has 0 atom stereocenters. The minimum absolute atomic E-state index is 0.477. The van der Waals surface area contributed by atoms with Crippen LogP contribution in [0.1, 0.15) is 13.3 Å². The van der Waals surface area contributed by atoms with Crippen LogP contribution in [-0.4, -0.2) is 36.4 Å². The fraction of sp³-hybridized carbons (Fsp3) is 0.385. The van der Waals surface area contributed by atoms with Crippen LogP contribution >= 0.6 is 27.5 Å². The van der Waals surface area contributed by atoms with Crippen molar-refractivity contribution in [2.75, 3.05) is 25.5 Å². The maximum Gasteiger partial charge on any atom is 0.142 e. The number of aromatic nitrogens is 1. The molecular formula is C13H18BrClN4. The Morgan fingerprint density at radius 2 is 2.32 bits per heavy atom. The van der Waals surface area contributed by atoms with Gasteiger partial charge in [-0.25, -0.2) is 9.98 Å². The molecule has 0 aliphatic rings. The van der Waals surface area contributed by atoms with Gasteiger partial charge in [-0.1, -0.05) is 24.6 Å². The van der Waals surface area contributed by atoms with E-state index in [4.69, 9.17) is 11.6 Å². The number of hydrogen-bond acceptors (Lipinski definition) is 3. The van der Waals surface area contributed by atoms with Crippen molar-refractivity contribution in [3.63, 3.8) is 0 Å². The van der Waals surface area contributed by atoms with Gasteiger partial charge in [0.05, 0.1) is 10.8 Å². The van der Waals surface area contributed by atoms with Crippen molar-refractivity contribution < 1.29 is 0 Å². The van der Waals surface area contributed by atoms with Gasteiger partial charge in [0.1, 0.15) is 11.0 Å². The summed E-state index contributed by atoms with van der Waals surface area (Å²) in [6.07, 6.45) is 6.61. The van der Waals surface area contributed by atoms with Crippen molar-refractivity contribution in [1.29, 1.82) is 0 Å². The topological polar surface area (TPSA) is 40.5 Å². The van der Waals surface area contributed by atoms with E-state index in [9.17, 15) is 0 Å². The lowest BCUT2D eigenvalue weighted by molar-refractivity contribution is 0.538. The number of anilines is 1. The zero-order valence-corrected chi connectivity index (χ0v) is 13.4. The van der Waals surface area contributed by atoms with Crippen LogP contribution < -0.4 is 5.32 Å². The molecule has 0 bridgehead atoms. The third-order valence-electron chi connectivity index (χ3n) is 2.26. The Morgan fingerprint density at radius 1 is 1.53 bits per heavy atom. The first-order valence-corrected chi connectivity index (χ1v) is 7.25. The monoisotopic (exact) mass is 344 g/mol. The Balaban J connectivity index is 2.35. The highest BCUT2D eigenvalue weighted by Crippen LogP contribution is 2.21. The zero-order valence-electron chi connectivity index (χ0n) is 11.1. The van der Waals surface area contributed by atoms with Gasteiger partial charge in [-0.05, 0) is 34.5 Å². The fourth-order valence-electron chi connectivity index (χ4n) is 1.27.